The van der Waals surface area contributed by atoms with E-state index in [1.165, 1.54) is 24.3 Å². The molecule has 2 rings (SSSR count). The summed E-state index contributed by atoms with van der Waals surface area (Å²) in [5.41, 5.74) is 2.45. The summed E-state index contributed by atoms with van der Waals surface area (Å²) in [4.78, 5) is 12.0. The normalized spacial score (nSPS) is 10.2. The Morgan fingerprint density at radius 2 is 1.75 bits per heavy atom. The summed E-state index contributed by atoms with van der Waals surface area (Å²) in [5.74, 6) is 3.60. The number of anilines is 1. The molecule has 0 spiro atoms. The lowest BCUT2D eigenvalue weighted by molar-refractivity contribution is 0.0951. The minimum Gasteiger partial charge on any atom is -0.348 e. The van der Waals surface area contributed by atoms with Crippen LogP contribution in [0.15, 0.2) is 42.5 Å². The van der Waals surface area contributed by atoms with Crippen LogP contribution >= 0.6 is 0 Å². The molecule has 4 N–H and O–H groups in total. The molecule has 0 radical (unpaired) electrons. The van der Waals surface area contributed by atoms with E-state index in [0.717, 1.165) is 0 Å². The lowest BCUT2D eigenvalue weighted by atomic mass is 10.1. The molecule has 0 saturated heterocycles. The number of hydrazine groups is 1. The number of hydrogen-bond acceptors (Lipinski definition) is 3. The summed E-state index contributed by atoms with van der Waals surface area (Å²) in [6.45, 7) is 0.00598. The molecule has 4 nitrogen and oxygen atoms in total. The molecule has 1 amide bonds. The van der Waals surface area contributed by atoms with Gasteiger partial charge >= 0.3 is 0 Å². The van der Waals surface area contributed by atoms with Crippen LogP contribution < -0.4 is 16.6 Å². The van der Waals surface area contributed by atoms with Crippen LogP contribution in [0.5, 0.6) is 0 Å². The van der Waals surface area contributed by atoms with Gasteiger partial charge in [-0.25, -0.2) is 8.78 Å². The number of rotatable bonds is 4. The average Bonchev–Trinajstić information content (AvgIpc) is 2.46. The summed E-state index contributed by atoms with van der Waals surface area (Å²) >= 11 is 0. The maximum atomic E-state index is 13.5. The average molecular weight is 277 g/mol. The van der Waals surface area contributed by atoms with E-state index in [2.05, 4.69) is 10.7 Å². The van der Waals surface area contributed by atoms with E-state index in [-0.39, 0.29) is 17.8 Å². The van der Waals surface area contributed by atoms with Gasteiger partial charge in [0.1, 0.15) is 11.6 Å². The standard InChI is InChI=1S/C14H13F2N3O/c15-11-6-2-1-4-9(11)8-18-14(20)10-5-3-7-12(16)13(10)19-17/h1-7,19H,8,17H2,(H,18,20). The van der Waals surface area contributed by atoms with Crippen LogP contribution in [0.1, 0.15) is 15.9 Å². The predicted octanol–water partition coefficient (Wildman–Crippen LogP) is 2.18. The molecule has 2 aromatic rings. The van der Waals surface area contributed by atoms with Crippen molar-refractivity contribution in [2.45, 2.75) is 6.54 Å². The number of para-hydroxylation sites is 1. The van der Waals surface area contributed by atoms with Crippen molar-refractivity contribution in [3.8, 4) is 0 Å². The van der Waals surface area contributed by atoms with Crippen molar-refractivity contribution < 1.29 is 13.6 Å². The lowest BCUT2D eigenvalue weighted by Gasteiger charge is -2.10. The highest BCUT2D eigenvalue weighted by atomic mass is 19.1. The number of benzene rings is 2. The number of nitrogen functional groups attached to an aromatic ring is 1. The van der Waals surface area contributed by atoms with Gasteiger partial charge in [-0.1, -0.05) is 24.3 Å². The third kappa shape index (κ3) is 2.92. The van der Waals surface area contributed by atoms with E-state index in [4.69, 9.17) is 5.84 Å². The van der Waals surface area contributed by atoms with Crippen LogP contribution in [0.3, 0.4) is 0 Å². The molecule has 2 aromatic carbocycles. The van der Waals surface area contributed by atoms with Crippen molar-refractivity contribution in [2.75, 3.05) is 5.43 Å². The van der Waals surface area contributed by atoms with Gasteiger partial charge < -0.3 is 10.7 Å². The van der Waals surface area contributed by atoms with Crippen molar-refractivity contribution in [1.82, 2.24) is 5.32 Å². The molecule has 0 fully saturated rings. The summed E-state index contributed by atoms with van der Waals surface area (Å²) in [6, 6.07) is 10.1. The Balaban J connectivity index is 2.14. The first-order valence-electron chi connectivity index (χ1n) is 5.90. The zero-order valence-corrected chi connectivity index (χ0v) is 10.5. The van der Waals surface area contributed by atoms with Crippen LogP contribution in [-0.4, -0.2) is 5.91 Å². The van der Waals surface area contributed by atoms with E-state index >= 15 is 0 Å². The first-order chi connectivity index (χ1) is 9.63. The Hall–Kier alpha value is -2.47. The Morgan fingerprint density at radius 1 is 1.05 bits per heavy atom. The fraction of sp³-hybridized carbons (Fsp3) is 0.0714. The van der Waals surface area contributed by atoms with Gasteiger partial charge in [0.2, 0.25) is 0 Å². The van der Waals surface area contributed by atoms with Crippen molar-refractivity contribution in [1.29, 1.82) is 0 Å². The lowest BCUT2D eigenvalue weighted by Crippen LogP contribution is -2.25. The highest BCUT2D eigenvalue weighted by molar-refractivity contribution is 5.99. The molecule has 0 aliphatic heterocycles. The molecule has 0 aromatic heterocycles. The second kappa shape index (κ2) is 6.12. The maximum Gasteiger partial charge on any atom is 0.253 e. The second-order valence-corrected chi connectivity index (χ2v) is 4.08. The molecule has 0 aliphatic rings. The Kier molecular flexibility index (Phi) is 4.27. The molecule has 0 heterocycles. The van der Waals surface area contributed by atoms with Crippen molar-refractivity contribution in [3.05, 3.63) is 65.2 Å². The number of amides is 1. The number of hydrogen-bond donors (Lipinski definition) is 3. The molecule has 6 heteroatoms. The Labute approximate surface area is 114 Å². The largest absolute Gasteiger partial charge is 0.348 e. The number of halogens is 2. The molecule has 0 atom stereocenters. The van der Waals surface area contributed by atoms with E-state index in [9.17, 15) is 13.6 Å². The topological polar surface area (TPSA) is 67.1 Å². The Bertz CT molecular complexity index is 632. The van der Waals surface area contributed by atoms with Crippen molar-refractivity contribution in [3.63, 3.8) is 0 Å². The third-order valence-corrected chi connectivity index (χ3v) is 2.80. The molecule has 20 heavy (non-hydrogen) atoms. The predicted molar refractivity (Wildman–Crippen MR) is 71.8 cm³/mol. The molecular weight excluding hydrogens is 264 g/mol. The molecule has 104 valence electrons. The van der Waals surface area contributed by atoms with Gasteiger partial charge in [0, 0.05) is 12.1 Å². The van der Waals surface area contributed by atoms with Gasteiger partial charge in [0.15, 0.2) is 0 Å². The minimum atomic E-state index is -0.633. The van der Waals surface area contributed by atoms with Crippen LogP contribution in [0.4, 0.5) is 14.5 Å². The molecule has 0 saturated carbocycles. The van der Waals surface area contributed by atoms with Gasteiger partial charge in [-0.15, -0.1) is 0 Å². The zero-order chi connectivity index (χ0) is 14.5. The molecular formula is C14H13F2N3O. The quantitative estimate of drug-likeness (QED) is 0.592. The van der Waals surface area contributed by atoms with Gasteiger partial charge in [-0.2, -0.15) is 0 Å². The first-order valence-corrected chi connectivity index (χ1v) is 5.90. The highest BCUT2D eigenvalue weighted by Gasteiger charge is 2.14. The number of nitrogens with one attached hydrogen (secondary N) is 2. The van der Waals surface area contributed by atoms with Gasteiger partial charge in [0.05, 0.1) is 11.3 Å². The zero-order valence-electron chi connectivity index (χ0n) is 10.5. The number of carbonyl (C=O) groups excluding carboxylic acids is 1. The Morgan fingerprint density at radius 3 is 2.45 bits per heavy atom. The smallest absolute Gasteiger partial charge is 0.253 e. The molecule has 0 unspecified atom stereocenters. The maximum absolute atomic E-state index is 13.5. The van der Waals surface area contributed by atoms with E-state index in [1.54, 1.807) is 18.2 Å². The highest BCUT2D eigenvalue weighted by Crippen LogP contribution is 2.18. The fourth-order valence-electron chi connectivity index (χ4n) is 1.77. The van der Waals surface area contributed by atoms with Crippen LogP contribution in [0.25, 0.3) is 0 Å². The second-order valence-electron chi connectivity index (χ2n) is 4.08. The SMILES string of the molecule is NNc1c(F)cccc1C(=O)NCc1ccccc1F. The van der Waals surface area contributed by atoms with E-state index < -0.39 is 17.5 Å². The molecule has 0 aliphatic carbocycles. The van der Waals surface area contributed by atoms with Gasteiger partial charge in [0.25, 0.3) is 5.91 Å². The summed E-state index contributed by atoms with van der Waals surface area (Å²) in [6.07, 6.45) is 0. The summed E-state index contributed by atoms with van der Waals surface area (Å²) in [5, 5.41) is 2.52. The first kappa shape index (κ1) is 14.0. The van der Waals surface area contributed by atoms with Gasteiger partial charge in [-0.3, -0.25) is 10.6 Å². The molecule has 0 bridgehead atoms. The van der Waals surface area contributed by atoms with Crippen molar-refractivity contribution >= 4 is 11.6 Å². The monoisotopic (exact) mass is 277 g/mol. The number of carbonyl (C=O) groups is 1. The van der Waals surface area contributed by atoms with Crippen LogP contribution in [-0.2, 0) is 6.54 Å². The third-order valence-electron chi connectivity index (χ3n) is 2.80. The van der Waals surface area contributed by atoms with Crippen molar-refractivity contribution in [2.24, 2.45) is 5.84 Å². The van der Waals surface area contributed by atoms with Crippen LogP contribution in [0, 0.1) is 11.6 Å². The van der Waals surface area contributed by atoms with Crippen LogP contribution in [0.2, 0.25) is 0 Å². The minimum absolute atomic E-state index is 0.00598. The number of nitrogens with two attached hydrogens (primary N) is 1. The van der Waals surface area contributed by atoms with Gasteiger partial charge in [-0.05, 0) is 18.2 Å². The summed E-state index contributed by atoms with van der Waals surface area (Å²) < 4.78 is 26.9. The fourth-order valence-corrected chi connectivity index (χ4v) is 1.77. The summed E-state index contributed by atoms with van der Waals surface area (Å²) in [7, 11) is 0. The van der Waals surface area contributed by atoms with E-state index in [1.807, 2.05) is 0 Å². The van der Waals surface area contributed by atoms with E-state index in [0.29, 0.717) is 5.56 Å².